The van der Waals surface area contributed by atoms with E-state index in [1.54, 1.807) is 11.2 Å². The van der Waals surface area contributed by atoms with Crippen LogP contribution in [0, 0.1) is 6.57 Å². The van der Waals surface area contributed by atoms with Gasteiger partial charge < -0.3 is 28.4 Å². The zero-order valence-electron chi connectivity index (χ0n) is 23.5. The summed E-state index contributed by atoms with van der Waals surface area (Å²) in [5, 5.41) is 0.970. The van der Waals surface area contributed by atoms with Crippen LogP contribution in [0.1, 0.15) is 33.6 Å². The van der Waals surface area contributed by atoms with Crippen LogP contribution in [0.5, 0.6) is 0 Å². The van der Waals surface area contributed by atoms with Crippen LogP contribution in [-0.4, -0.2) is 70.0 Å². The predicted octanol–water partition coefficient (Wildman–Crippen LogP) is 5.86. The molecule has 0 bridgehead atoms. The lowest BCUT2D eigenvalue weighted by Gasteiger charge is -2.40. The third-order valence-electron chi connectivity index (χ3n) is 7.02. The average Bonchev–Trinajstić information content (AvgIpc) is 3.49. The molecule has 0 aromatic carbocycles. The fraction of sp³-hybridized carbons (Fsp3) is 0.571. The lowest BCUT2D eigenvalue weighted by atomic mass is 9.87. The van der Waals surface area contributed by atoms with Gasteiger partial charge in [0.15, 0.2) is 0 Å². The number of aromatic nitrogens is 4. The topological polar surface area (TPSA) is 78.8 Å². The highest BCUT2D eigenvalue weighted by atomic mass is 28.3. The number of amides is 1. The molecule has 1 aliphatic rings. The van der Waals surface area contributed by atoms with E-state index in [1.165, 1.54) is 0 Å². The van der Waals surface area contributed by atoms with Crippen LogP contribution in [0.25, 0.3) is 27.1 Å². The Morgan fingerprint density at radius 3 is 2.55 bits per heavy atom. The van der Waals surface area contributed by atoms with E-state index in [-0.39, 0.29) is 11.6 Å². The molecule has 9 nitrogen and oxygen atoms in total. The number of hydrogen-bond donors (Lipinski definition) is 0. The number of ether oxygens (including phenoxy) is 2. The summed E-state index contributed by atoms with van der Waals surface area (Å²) >= 11 is 0. The molecule has 0 saturated carbocycles. The smallest absolute Gasteiger partial charge is 0.410 e. The summed E-state index contributed by atoms with van der Waals surface area (Å²) in [5.74, 6) is 0. The summed E-state index contributed by atoms with van der Waals surface area (Å²) in [4.78, 5) is 27.2. The molecule has 0 N–H and O–H groups in total. The third kappa shape index (κ3) is 6.45. The van der Waals surface area contributed by atoms with Crippen LogP contribution in [-0.2, 0) is 21.7 Å². The van der Waals surface area contributed by atoms with Gasteiger partial charge in [0.25, 0.3) is 0 Å². The van der Waals surface area contributed by atoms with Gasteiger partial charge in [-0.05, 0) is 51.8 Å². The second-order valence-electron chi connectivity index (χ2n) is 12.4. The van der Waals surface area contributed by atoms with Crippen molar-refractivity contribution in [1.82, 2.24) is 24.0 Å². The maximum Gasteiger partial charge on any atom is 0.410 e. The van der Waals surface area contributed by atoms with Crippen molar-refractivity contribution in [2.75, 3.05) is 26.2 Å². The van der Waals surface area contributed by atoms with Crippen molar-refractivity contribution in [3.63, 3.8) is 0 Å². The molecule has 3 aromatic heterocycles. The lowest BCUT2D eigenvalue weighted by Crippen LogP contribution is -2.50. The summed E-state index contributed by atoms with van der Waals surface area (Å²) in [6.07, 6.45) is 8.80. The molecule has 0 unspecified atom stereocenters. The van der Waals surface area contributed by atoms with Crippen molar-refractivity contribution in [3.05, 3.63) is 48.5 Å². The van der Waals surface area contributed by atoms with Gasteiger partial charge in [0.05, 0.1) is 5.69 Å². The molecule has 204 valence electrons. The van der Waals surface area contributed by atoms with E-state index < -0.39 is 13.7 Å². The summed E-state index contributed by atoms with van der Waals surface area (Å²) in [7, 11) is -1.14. The fourth-order valence-corrected chi connectivity index (χ4v) is 5.54. The van der Waals surface area contributed by atoms with Gasteiger partial charge in [-0.1, -0.05) is 19.6 Å². The second kappa shape index (κ2) is 10.9. The minimum absolute atomic E-state index is 0.292. The van der Waals surface area contributed by atoms with E-state index in [1.807, 2.05) is 43.8 Å². The molecule has 38 heavy (non-hydrogen) atoms. The first kappa shape index (κ1) is 27.9. The minimum Gasteiger partial charge on any atom is -0.444 e. The Hall–Kier alpha value is -3.16. The van der Waals surface area contributed by atoms with Crippen molar-refractivity contribution >= 4 is 25.2 Å². The number of piperidine rings is 1. The highest BCUT2D eigenvalue weighted by Crippen LogP contribution is 2.35. The summed E-state index contributed by atoms with van der Waals surface area (Å²) < 4.78 is 15.7. The first-order valence-corrected chi connectivity index (χ1v) is 17.0. The molecule has 4 heterocycles. The number of carbonyl (C=O) groups excluding carboxylic acids is 1. The number of carbonyl (C=O) groups is 1. The fourth-order valence-electron chi connectivity index (χ4n) is 4.79. The van der Waals surface area contributed by atoms with Gasteiger partial charge in [-0.3, -0.25) is 0 Å². The Morgan fingerprint density at radius 2 is 1.89 bits per heavy atom. The van der Waals surface area contributed by atoms with Crippen LogP contribution in [0.3, 0.4) is 0 Å². The van der Waals surface area contributed by atoms with E-state index in [9.17, 15) is 4.79 Å². The molecular formula is C28H40N6O3Si. The van der Waals surface area contributed by atoms with Crippen LogP contribution in [0.15, 0.2) is 37.1 Å². The third-order valence-corrected chi connectivity index (χ3v) is 8.72. The summed E-state index contributed by atoms with van der Waals surface area (Å²) in [6.45, 7) is 23.0. The maximum absolute atomic E-state index is 12.6. The van der Waals surface area contributed by atoms with Crippen LogP contribution in [0.4, 0.5) is 4.79 Å². The second-order valence-corrected chi connectivity index (χ2v) is 18.0. The highest BCUT2D eigenvalue weighted by molar-refractivity contribution is 6.76. The summed E-state index contributed by atoms with van der Waals surface area (Å²) in [5.41, 5.74) is 1.78. The Morgan fingerprint density at radius 1 is 1.16 bits per heavy atom. The normalized spacial score (nSPS) is 16.0. The van der Waals surface area contributed by atoms with Crippen molar-refractivity contribution < 1.29 is 14.3 Å². The number of fused-ring (bicyclic) bond motifs is 1. The number of nitrogens with zero attached hydrogens (tertiary/aromatic N) is 6. The average molecular weight is 537 g/mol. The molecular weight excluding hydrogens is 496 g/mol. The van der Waals surface area contributed by atoms with Gasteiger partial charge in [-0.15, -0.1) is 0 Å². The van der Waals surface area contributed by atoms with Gasteiger partial charge in [-0.2, -0.15) is 0 Å². The van der Waals surface area contributed by atoms with E-state index in [2.05, 4.69) is 51.3 Å². The van der Waals surface area contributed by atoms with E-state index in [0.717, 1.165) is 34.9 Å². The Balaban J connectivity index is 1.51. The van der Waals surface area contributed by atoms with Crippen molar-refractivity contribution in [2.45, 2.75) is 77.2 Å². The van der Waals surface area contributed by atoms with Crippen molar-refractivity contribution in [1.29, 1.82) is 0 Å². The molecule has 10 heteroatoms. The Bertz CT molecular complexity index is 1300. The largest absolute Gasteiger partial charge is 0.444 e. The van der Waals surface area contributed by atoms with Gasteiger partial charge in [0.2, 0.25) is 6.54 Å². The molecule has 1 saturated heterocycles. The summed E-state index contributed by atoms with van der Waals surface area (Å²) in [6, 6.07) is 5.22. The number of hydrogen-bond acceptors (Lipinski definition) is 5. The first-order valence-electron chi connectivity index (χ1n) is 13.3. The predicted molar refractivity (Wildman–Crippen MR) is 152 cm³/mol. The van der Waals surface area contributed by atoms with Gasteiger partial charge >= 0.3 is 6.09 Å². The molecule has 0 aliphatic carbocycles. The molecule has 0 atom stereocenters. The quantitative estimate of drug-likeness (QED) is 0.205. The minimum atomic E-state index is -1.14. The SMILES string of the molecule is [C-]#[N+]CC1(n2ccc(-c3ncnc4c3ccn4COCC[Si](C)(C)C)c2)CCN(C(=O)OC(C)(C)C)CC1. The standard InChI is InChI=1S/C28H40N6O3Si/c1-27(2,3)37-26(35)32-14-10-28(11-15-32,19-29-4)34-13-8-22(18-34)24-23-9-12-33(25(23)31-20-30-24)21-36-16-17-38(5,6)7/h8-9,12-13,18,20H,10-11,14-17,19,21H2,1-3,5-7H3. The monoisotopic (exact) mass is 536 g/mol. The number of likely N-dealkylation sites (tertiary alicyclic amines) is 1. The van der Waals surface area contributed by atoms with Crippen molar-refractivity contribution in [2.24, 2.45) is 0 Å². The molecule has 1 aliphatic heterocycles. The van der Waals surface area contributed by atoms with Gasteiger partial charge in [-0.25, -0.2) is 21.3 Å². The molecule has 0 radical (unpaired) electrons. The molecule has 4 rings (SSSR count). The van der Waals surface area contributed by atoms with Crippen LogP contribution in [0.2, 0.25) is 25.7 Å². The maximum atomic E-state index is 12.6. The van der Waals surface area contributed by atoms with Crippen LogP contribution >= 0.6 is 0 Å². The van der Waals surface area contributed by atoms with Crippen LogP contribution < -0.4 is 0 Å². The van der Waals surface area contributed by atoms with E-state index >= 15 is 0 Å². The number of rotatable bonds is 8. The highest BCUT2D eigenvalue weighted by Gasteiger charge is 2.41. The zero-order valence-corrected chi connectivity index (χ0v) is 24.5. The van der Waals surface area contributed by atoms with E-state index in [0.29, 0.717) is 39.2 Å². The van der Waals surface area contributed by atoms with Gasteiger partial charge in [0.1, 0.15) is 29.8 Å². The Labute approximate surface area is 226 Å². The molecule has 1 fully saturated rings. The van der Waals surface area contributed by atoms with E-state index in [4.69, 9.17) is 16.0 Å². The first-order chi connectivity index (χ1) is 17.9. The van der Waals surface area contributed by atoms with Crippen molar-refractivity contribution in [3.8, 4) is 11.3 Å². The lowest BCUT2D eigenvalue weighted by molar-refractivity contribution is 0.0128. The molecule has 1 amide bonds. The van der Waals surface area contributed by atoms with Gasteiger partial charge in [0, 0.05) is 57.3 Å². The Kier molecular flexibility index (Phi) is 8.00. The zero-order chi connectivity index (χ0) is 27.6. The molecule has 3 aromatic rings. The molecule has 0 spiro atoms.